The Bertz CT molecular complexity index is 181. The van der Waals surface area contributed by atoms with E-state index in [0.717, 1.165) is 0 Å². The molecule has 72 valence electrons. The maximum Gasteiger partial charge on any atom is 0.161 e. The Balaban J connectivity index is 2.86. The van der Waals surface area contributed by atoms with Gasteiger partial charge in [-0.15, -0.1) is 0 Å². The van der Waals surface area contributed by atoms with Gasteiger partial charge in [0, 0.05) is 6.61 Å². The zero-order chi connectivity index (χ0) is 9.62. The maximum absolute atomic E-state index is 9.01. The Morgan fingerprint density at radius 1 is 1.17 bits per heavy atom. The van der Waals surface area contributed by atoms with Crippen LogP contribution in [0.5, 0.6) is 0 Å². The molecule has 0 aliphatic heterocycles. The second kappa shape index (κ2) is 2.87. The summed E-state index contributed by atoms with van der Waals surface area (Å²) < 4.78 is -1.36. The zero-order valence-electron chi connectivity index (χ0n) is 6.23. The Hall–Kier alpha value is 0.750. The van der Waals surface area contributed by atoms with Gasteiger partial charge in [0.15, 0.2) is 4.33 Å². The Morgan fingerprint density at radius 3 is 1.67 bits per heavy atom. The molecule has 6 heteroatoms. The fourth-order valence-electron chi connectivity index (χ4n) is 1.41. The van der Waals surface area contributed by atoms with E-state index in [1.54, 1.807) is 0 Å². The van der Waals surface area contributed by atoms with Crippen LogP contribution in [0.4, 0.5) is 0 Å². The van der Waals surface area contributed by atoms with Gasteiger partial charge in [0.1, 0.15) is 5.00 Å². The van der Waals surface area contributed by atoms with E-state index >= 15 is 0 Å². The summed E-state index contributed by atoms with van der Waals surface area (Å²) >= 11 is 17.3. The minimum absolute atomic E-state index is 0.159. The van der Waals surface area contributed by atoms with E-state index in [4.69, 9.17) is 50.7 Å². The van der Waals surface area contributed by atoms with E-state index in [9.17, 15) is 0 Å². The van der Waals surface area contributed by atoms with Crippen molar-refractivity contribution in [1.82, 2.24) is 0 Å². The summed E-state index contributed by atoms with van der Waals surface area (Å²) in [5, 5.41) is 17.7. The van der Waals surface area contributed by atoms with Crippen molar-refractivity contribution in [2.75, 3.05) is 13.2 Å². The second-order valence-corrected chi connectivity index (χ2v) is 4.92. The highest BCUT2D eigenvalue weighted by Gasteiger charge is 2.84. The predicted molar refractivity (Wildman–Crippen MR) is 48.4 cm³/mol. The number of nitrogens with two attached hydrogens (primary N) is 1. The van der Waals surface area contributed by atoms with Crippen molar-refractivity contribution in [2.24, 2.45) is 11.1 Å². The number of aliphatic hydroxyl groups excluding tert-OH is 2. The first kappa shape index (κ1) is 10.8. The summed E-state index contributed by atoms with van der Waals surface area (Å²) in [5.74, 6) is 0. The van der Waals surface area contributed by atoms with Crippen LogP contribution in [0.2, 0.25) is 0 Å². The first-order valence-electron chi connectivity index (χ1n) is 3.45. The first-order chi connectivity index (χ1) is 5.37. The van der Waals surface area contributed by atoms with Crippen LogP contribution < -0.4 is 5.73 Å². The smallest absolute Gasteiger partial charge is 0.161 e. The molecule has 0 spiro atoms. The van der Waals surface area contributed by atoms with E-state index in [-0.39, 0.29) is 19.6 Å². The maximum atomic E-state index is 9.01. The van der Waals surface area contributed by atoms with Gasteiger partial charge < -0.3 is 15.9 Å². The minimum atomic E-state index is -1.36. The van der Waals surface area contributed by atoms with Crippen LogP contribution >= 0.6 is 34.8 Å². The van der Waals surface area contributed by atoms with Gasteiger partial charge in [0.25, 0.3) is 0 Å². The predicted octanol–water partition coefficient (Wildman–Crippen LogP) is 0.429. The molecule has 3 nitrogen and oxygen atoms in total. The highest BCUT2D eigenvalue weighted by atomic mass is 35.5. The number of hydrogen-bond acceptors (Lipinski definition) is 3. The summed E-state index contributed by atoms with van der Waals surface area (Å²) in [7, 11) is 0. The quantitative estimate of drug-likeness (QED) is 0.490. The van der Waals surface area contributed by atoms with Crippen molar-refractivity contribution < 1.29 is 10.2 Å². The van der Waals surface area contributed by atoms with Crippen LogP contribution in [-0.2, 0) is 0 Å². The highest BCUT2D eigenvalue weighted by molar-refractivity contribution is 6.59. The van der Waals surface area contributed by atoms with Crippen molar-refractivity contribution in [3.05, 3.63) is 0 Å². The zero-order valence-corrected chi connectivity index (χ0v) is 8.49. The first-order valence-corrected chi connectivity index (χ1v) is 4.58. The van der Waals surface area contributed by atoms with Gasteiger partial charge in [0.2, 0.25) is 0 Å². The lowest BCUT2D eigenvalue weighted by atomic mass is 10.0. The lowest BCUT2D eigenvalue weighted by molar-refractivity contribution is 0.160. The van der Waals surface area contributed by atoms with E-state index in [0.29, 0.717) is 0 Å². The molecule has 1 aliphatic carbocycles. The summed E-state index contributed by atoms with van der Waals surface area (Å²) in [4.78, 5) is -1.35. The summed E-state index contributed by atoms with van der Waals surface area (Å²) in [6, 6.07) is 0. The number of hydrogen-bond donors (Lipinski definition) is 3. The fourth-order valence-corrected chi connectivity index (χ4v) is 2.81. The molecule has 0 radical (unpaired) electrons. The largest absolute Gasteiger partial charge is 0.396 e. The third-order valence-corrected chi connectivity index (χ3v) is 4.66. The van der Waals surface area contributed by atoms with E-state index in [1.165, 1.54) is 0 Å². The molecule has 0 saturated heterocycles. The molecule has 0 bridgehead atoms. The van der Waals surface area contributed by atoms with Gasteiger partial charge in [-0.1, -0.05) is 34.8 Å². The molecule has 12 heavy (non-hydrogen) atoms. The van der Waals surface area contributed by atoms with Crippen molar-refractivity contribution >= 4 is 34.8 Å². The number of rotatable bonds is 3. The molecule has 0 heterocycles. The average Bonchev–Trinajstić information content (AvgIpc) is 2.29. The molecule has 0 aromatic carbocycles. The van der Waals surface area contributed by atoms with Crippen LogP contribution in [0.1, 0.15) is 6.42 Å². The SMILES string of the molecule is NC1(Cl)C(Cl)(Cl)C1(CO)CCO. The van der Waals surface area contributed by atoms with Crippen molar-refractivity contribution in [3.63, 3.8) is 0 Å². The van der Waals surface area contributed by atoms with Gasteiger partial charge in [-0.3, -0.25) is 0 Å². The highest BCUT2D eigenvalue weighted by Crippen LogP contribution is 2.73. The Morgan fingerprint density at radius 2 is 1.58 bits per heavy atom. The van der Waals surface area contributed by atoms with Crippen LogP contribution in [0.3, 0.4) is 0 Å². The summed E-state index contributed by atoms with van der Waals surface area (Å²) in [6.07, 6.45) is 0.191. The molecule has 0 aromatic heterocycles. The molecule has 4 N–H and O–H groups in total. The lowest BCUT2D eigenvalue weighted by Crippen LogP contribution is -2.28. The molecule has 2 unspecified atom stereocenters. The fraction of sp³-hybridized carbons (Fsp3) is 1.00. The van der Waals surface area contributed by atoms with Crippen molar-refractivity contribution in [3.8, 4) is 0 Å². The third-order valence-electron chi connectivity index (χ3n) is 2.50. The van der Waals surface area contributed by atoms with Gasteiger partial charge in [-0.25, -0.2) is 0 Å². The Labute approximate surface area is 85.4 Å². The van der Waals surface area contributed by atoms with Crippen LogP contribution in [0.25, 0.3) is 0 Å². The summed E-state index contributed by atoms with van der Waals surface area (Å²) in [5.41, 5.74) is 4.56. The van der Waals surface area contributed by atoms with Crippen molar-refractivity contribution in [2.45, 2.75) is 15.8 Å². The van der Waals surface area contributed by atoms with E-state index < -0.39 is 14.7 Å². The van der Waals surface area contributed by atoms with Crippen LogP contribution in [0.15, 0.2) is 0 Å². The number of alkyl halides is 3. The van der Waals surface area contributed by atoms with Crippen LogP contribution in [0, 0.1) is 5.41 Å². The molecule has 1 fully saturated rings. The van der Waals surface area contributed by atoms with Gasteiger partial charge in [-0.2, -0.15) is 0 Å². The standard InChI is InChI=1S/C6H10Cl3NO2/c7-5(8)4(3-12,1-2-11)6(5,9)10/h11-12H,1-3,10H2. The molecule has 1 aliphatic rings. The molecule has 2 atom stereocenters. The minimum Gasteiger partial charge on any atom is -0.396 e. The molecule has 1 rings (SSSR count). The summed E-state index contributed by atoms with van der Waals surface area (Å²) in [6.45, 7) is -0.492. The average molecular weight is 235 g/mol. The van der Waals surface area contributed by atoms with Gasteiger partial charge >= 0.3 is 0 Å². The topological polar surface area (TPSA) is 66.5 Å². The lowest BCUT2D eigenvalue weighted by Gasteiger charge is -2.12. The molecule has 0 amide bonds. The van der Waals surface area contributed by atoms with Gasteiger partial charge in [0.05, 0.1) is 12.0 Å². The number of halogens is 3. The van der Waals surface area contributed by atoms with Crippen molar-refractivity contribution in [1.29, 1.82) is 0 Å². The Kier molecular flexibility index (Phi) is 2.59. The normalized spacial score (nSPS) is 44.5. The second-order valence-electron chi connectivity index (χ2n) is 3.00. The van der Waals surface area contributed by atoms with Gasteiger partial charge in [-0.05, 0) is 6.42 Å². The number of aliphatic hydroxyl groups is 2. The third kappa shape index (κ3) is 0.953. The molecular formula is C6H10Cl3NO2. The van der Waals surface area contributed by atoms with E-state index in [1.807, 2.05) is 0 Å². The monoisotopic (exact) mass is 233 g/mol. The van der Waals surface area contributed by atoms with Crippen LogP contribution in [-0.4, -0.2) is 32.8 Å². The molecular weight excluding hydrogens is 224 g/mol. The molecule has 0 aromatic rings. The molecule has 1 saturated carbocycles. The van der Waals surface area contributed by atoms with E-state index in [2.05, 4.69) is 0 Å².